The number of hydrogen-bond acceptors (Lipinski definition) is 9. The van der Waals surface area contributed by atoms with Crippen molar-refractivity contribution in [1.82, 2.24) is 19.9 Å². The van der Waals surface area contributed by atoms with Crippen LogP contribution in [0.25, 0.3) is 0 Å². The summed E-state index contributed by atoms with van der Waals surface area (Å²) >= 11 is 2.13. The van der Waals surface area contributed by atoms with Crippen LogP contribution in [0.2, 0.25) is 0 Å². The molecule has 2 aromatic heterocycles. The van der Waals surface area contributed by atoms with Gasteiger partial charge in [0.2, 0.25) is 11.8 Å². The molecule has 11 nitrogen and oxygen atoms in total. The zero-order valence-corrected chi connectivity index (χ0v) is 19.7. The minimum Gasteiger partial charge on any atom is -0.325 e. The lowest BCUT2D eigenvalue weighted by Gasteiger charge is -2.10. The number of benzene rings is 1. The zero-order chi connectivity index (χ0) is 24.7. The van der Waals surface area contributed by atoms with Gasteiger partial charge in [-0.2, -0.15) is 5.26 Å². The molecule has 2 amide bonds. The van der Waals surface area contributed by atoms with E-state index in [0.29, 0.717) is 27.4 Å². The number of nitriles is 1. The molecule has 0 fully saturated rings. The first-order chi connectivity index (χ1) is 16.2. The fourth-order valence-electron chi connectivity index (χ4n) is 2.71. The van der Waals surface area contributed by atoms with Gasteiger partial charge in [-0.05, 0) is 32.0 Å². The van der Waals surface area contributed by atoms with E-state index in [1.54, 1.807) is 19.9 Å². The van der Waals surface area contributed by atoms with E-state index in [4.69, 9.17) is 0 Å². The molecule has 0 aliphatic rings. The van der Waals surface area contributed by atoms with Gasteiger partial charge >= 0.3 is 0 Å². The third-order valence-corrected chi connectivity index (χ3v) is 5.82. The van der Waals surface area contributed by atoms with E-state index < -0.39 is 5.91 Å². The topological polar surface area (TPSA) is 173 Å². The number of nitrogens with zero attached hydrogens (tertiary/aromatic N) is 3. The Bertz CT molecular complexity index is 1390. The lowest BCUT2D eigenvalue weighted by atomic mass is 10.1. The van der Waals surface area contributed by atoms with Crippen molar-refractivity contribution in [1.29, 1.82) is 5.26 Å². The van der Waals surface area contributed by atoms with E-state index in [2.05, 4.69) is 30.6 Å². The van der Waals surface area contributed by atoms with Crippen LogP contribution >= 0.6 is 23.5 Å². The Kier molecular flexibility index (Phi) is 8.23. The van der Waals surface area contributed by atoms with E-state index in [1.807, 2.05) is 6.07 Å². The first-order valence-corrected chi connectivity index (χ1v) is 11.7. The Morgan fingerprint density at radius 3 is 1.94 bits per heavy atom. The van der Waals surface area contributed by atoms with Gasteiger partial charge in [0.05, 0.1) is 22.8 Å². The molecule has 0 aliphatic heterocycles. The number of hydrogen-bond donors (Lipinski definition) is 4. The van der Waals surface area contributed by atoms with Gasteiger partial charge in [0.25, 0.3) is 11.1 Å². The Morgan fingerprint density at radius 1 is 0.912 bits per heavy atom. The van der Waals surface area contributed by atoms with Crippen LogP contribution in [-0.2, 0) is 9.59 Å². The molecule has 0 saturated carbocycles. The fourth-order valence-corrected chi connectivity index (χ4v) is 4.16. The van der Waals surface area contributed by atoms with Gasteiger partial charge in [0.15, 0.2) is 10.3 Å². The number of aromatic amines is 2. The summed E-state index contributed by atoms with van der Waals surface area (Å²) in [5.74, 6) is -0.773. The molecule has 0 radical (unpaired) electrons. The molecular weight excluding hydrogens is 478 g/mol. The number of thioether (sulfide) groups is 2. The Hall–Kier alpha value is -3.89. The second kappa shape index (κ2) is 11.3. The van der Waals surface area contributed by atoms with Gasteiger partial charge in [0.1, 0.15) is 6.07 Å². The number of nitrogens with one attached hydrogen (secondary N) is 4. The summed E-state index contributed by atoms with van der Waals surface area (Å²) in [7, 11) is 0. The normalized spacial score (nSPS) is 10.4. The minimum atomic E-state index is -0.390. The van der Waals surface area contributed by atoms with Crippen LogP contribution in [0.4, 0.5) is 11.4 Å². The average Bonchev–Trinajstić information content (AvgIpc) is 2.76. The van der Waals surface area contributed by atoms with Crippen LogP contribution in [0.1, 0.15) is 17.0 Å². The van der Waals surface area contributed by atoms with Crippen molar-refractivity contribution in [3.8, 4) is 6.07 Å². The summed E-state index contributed by atoms with van der Waals surface area (Å²) in [5.41, 5.74) is 1.31. The zero-order valence-electron chi connectivity index (χ0n) is 18.1. The van der Waals surface area contributed by atoms with E-state index >= 15 is 0 Å². The summed E-state index contributed by atoms with van der Waals surface area (Å²) < 4.78 is 0. The molecule has 0 spiro atoms. The van der Waals surface area contributed by atoms with Gasteiger partial charge in [-0.25, -0.2) is 9.97 Å². The van der Waals surface area contributed by atoms with Crippen molar-refractivity contribution in [3.05, 3.63) is 68.0 Å². The third kappa shape index (κ3) is 7.32. The molecule has 4 N–H and O–H groups in total. The molecule has 34 heavy (non-hydrogen) atoms. The van der Waals surface area contributed by atoms with Gasteiger partial charge in [-0.15, -0.1) is 0 Å². The highest BCUT2D eigenvalue weighted by Gasteiger charge is 2.12. The quantitative estimate of drug-likeness (QED) is 0.267. The van der Waals surface area contributed by atoms with Gasteiger partial charge < -0.3 is 20.6 Å². The summed E-state index contributed by atoms with van der Waals surface area (Å²) in [4.78, 5) is 60.9. The summed E-state index contributed by atoms with van der Waals surface area (Å²) in [5, 5.41) is 15.4. The highest BCUT2D eigenvalue weighted by atomic mass is 32.2. The van der Waals surface area contributed by atoms with Crippen LogP contribution in [0, 0.1) is 25.2 Å². The number of aromatic nitrogens is 4. The van der Waals surface area contributed by atoms with Gasteiger partial charge in [0, 0.05) is 29.2 Å². The SMILES string of the molecule is Cc1cc(=O)[nH]c(SCC(=O)Nc2ccc(NC(=O)CSc3nc(C)cc(=O)[nH]3)c(C#N)c2)n1. The molecule has 13 heteroatoms. The number of H-pyrrole nitrogens is 2. The molecule has 174 valence electrons. The molecule has 1 aromatic carbocycles. The molecular formula is C21H19N7O4S2. The number of aryl methyl sites for hydroxylation is 2. The Morgan fingerprint density at radius 2 is 1.44 bits per heavy atom. The Labute approximate surface area is 201 Å². The summed E-state index contributed by atoms with van der Waals surface area (Å²) in [6.07, 6.45) is 0. The van der Waals surface area contributed by atoms with Crippen molar-refractivity contribution in [3.63, 3.8) is 0 Å². The van der Waals surface area contributed by atoms with Crippen LogP contribution in [0.3, 0.4) is 0 Å². The minimum absolute atomic E-state index is 0.000914. The van der Waals surface area contributed by atoms with Gasteiger partial charge in [-0.1, -0.05) is 23.5 Å². The average molecular weight is 498 g/mol. The van der Waals surface area contributed by atoms with Crippen LogP contribution in [0.15, 0.2) is 50.2 Å². The van der Waals surface area contributed by atoms with E-state index in [9.17, 15) is 24.4 Å². The molecule has 2 heterocycles. The predicted octanol–water partition coefficient (Wildman–Crippen LogP) is 1.80. The second-order valence-electron chi connectivity index (χ2n) is 6.93. The molecule has 3 rings (SSSR count). The number of carbonyl (C=O) groups excluding carboxylic acids is 2. The van der Waals surface area contributed by atoms with E-state index in [-0.39, 0.29) is 39.8 Å². The molecule has 0 bridgehead atoms. The number of carbonyl (C=O) groups is 2. The maximum absolute atomic E-state index is 12.3. The molecule has 0 atom stereocenters. The fraction of sp³-hybridized carbons (Fsp3) is 0.190. The third-order valence-electron chi connectivity index (χ3n) is 4.07. The Balaban J connectivity index is 1.57. The van der Waals surface area contributed by atoms with Crippen LogP contribution in [0.5, 0.6) is 0 Å². The molecule has 0 unspecified atom stereocenters. The molecule has 3 aromatic rings. The highest BCUT2D eigenvalue weighted by Crippen LogP contribution is 2.21. The highest BCUT2D eigenvalue weighted by molar-refractivity contribution is 8.00. The van der Waals surface area contributed by atoms with E-state index in [0.717, 1.165) is 23.5 Å². The van der Waals surface area contributed by atoms with Crippen molar-refractivity contribution < 1.29 is 9.59 Å². The maximum atomic E-state index is 12.3. The lowest BCUT2D eigenvalue weighted by molar-refractivity contribution is -0.114. The molecule has 0 saturated heterocycles. The standard InChI is InChI=1S/C21H19N7O4S2/c1-11-5-16(29)27-20(23-11)33-9-18(31)25-14-3-4-15(13(7-14)8-22)26-19(32)10-34-21-24-12(2)6-17(30)28-21/h3-7H,9-10H2,1-2H3,(H,25,31)(H,26,32)(H,23,27,29)(H,24,28,30). The smallest absolute Gasteiger partial charge is 0.251 e. The first kappa shape index (κ1) is 24.7. The maximum Gasteiger partial charge on any atom is 0.251 e. The number of anilines is 2. The number of amides is 2. The second-order valence-corrected chi connectivity index (χ2v) is 8.86. The van der Waals surface area contributed by atoms with E-state index in [1.165, 1.54) is 24.3 Å². The van der Waals surface area contributed by atoms with Gasteiger partial charge in [-0.3, -0.25) is 19.2 Å². The monoisotopic (exact) mass is 497 g/mol. The summed E-state index contributed by atoms with van der Waals surface area (Å²) in [6, 6.07) is 9.20. The van der Waals surface area contributed by atoms with Crippen molar-refractivity contribution in [2.75, 3.05) is 22.1 Å². The summed E-state index contributed by atoms with van der Waals surface area (Å²) in [6.45, 7) is 3.36. The lowest BCUT2D eigenvalue weighted by Crippen LogP contribution is -2.17. The van der Waals surface area contributed by atoms with Crippen LogP contribution in [-0.4, -0.2) is 43.3 Å². The van der Waals surface area contributed by atoms with Crippen LogP contribution < -0.4 is 21.8 Å². The first-order valence-electron chi connectivity index (χ1n) is 9.77. The molecule has 0 aliphatic carbocycles. The number of rotatable bonds is 8. The van der Waals surface area contributed by atoms with Crippen molar-refractivity contribution >= 4 is 46.7 Å². The van der Waals surface area contributed by atoms with Crippen molar-refractivity contribution in [2.45, 2.75) is 24.2 Å². The van der Waals surface area contributed by atoms with Crippen molar-refractivity contribution in [2.24, 2.45) is 0 Å². The largest absolute Gasteiger partial charge is 0.325 e. The predicted molar refractivity (Wildman–Crippen MR) is 129 cm³/mol.